The minimum absolute atomic E-state index is 0.453. The van der Waals surface area contributed by atoms with Gasteiger partial charge in [-0.15, -0.1) is 0 Å². The largest absolute Gasteiger partial charge is 0.381 e. The molecule has 0 radical (unpaired) electrons. The first-order chi connectivity index (χ1) is 8.70. The van der Waals surface area contributed by atoms with Crippen molar-refractivity contribution in [3.63, 3.8) is 0 Å². The topological polar surface area (TPSA) is 76.3 Å². The summed E-state index contributed by atoms with van der Waals surface area (Å²) in [6.07, 6.45) is 4.03. The fourth-order valence-corrected chi connectivity index (χ4v) is 2.29. The highest BCUT2D eigenvalue weighted by molar-refractivity contribution is 5.48. The molecule has 100 valence electrons. The van der Waals surface area contributed by atoms with Gasteiger partial charge in [-0.1, -0.05) is 0 Å². The molecule has 1 aliphatic rings. The van der Waals surface area contributed by atoms with Gasteiger partial charge in [-0.05, 0) is 25.7 Å². The lowest BCUT2D eigenvalue weighted by atomic mass is 10.00. The van der Waals surface area contributed by atoms with Crippen LogP contribution in [0.2, 0.25) is 0 Å². The Morgan fingerprint density at radius 2 is 2.22 bits per heavy atom. The summed E-state index contributed by atoms with van der Waals surface area (Å²) in [7, 11) is 2.06. The number of nitrogens with zero attached hydrogens (tertiary/aromatic N) is 3. The van der Waals surface area contributed by atoms with Crippen molar-refractivity contribution < 1.29 is 4.74 Å². The van der Waals surface area contributed by atoms with E-state index in [1.54, 1.807) is 6.20 Å². The molecular weight excluding hydrogens is 230 g/mol. The van der Waals surface area contributed by atoms with Crippen molar-refractivity contribution in [2.75, 3.05) is 37.1 Å². The number of nitrogens with one attached hydrogen (secondary N) is 1. The normalized spacial score (nSPS) is 16.6. The quantitative estimate of drug-likeness (QED) is 0.612. The zero-order valence-electron chi connectivity index (χ0n) is 11.0. The molecule has 2 heterocycles. The maximum absolute atomic E-state index is 5.38. The van der Waals surface area contributed by atoms with Gasteiger partial charge >= 0.3 is 0 Å². The molecule has 18 heavy (non-hydrogen) atoms. The van der Waals surface area contributed by atoms with Gasteiger partial charge in [-0.25, -0.2) is 10.8 Å². The number of rotatable bonds is 4. The highest BCUT2D eigenvalue weighted by atomic mass is 16.5. The van der Waals surface area contributed by atoms with Crippen molar-refractivity contribution in [3.8, 4) is 0 Å². The van der Waals surface area contributed by atoms with E-state index in [1.165, 1.54) is 0 Å². The maximum atomic E-state index is 5.38. The van der Waals surface area contributed by atoms with Gasteiger partial charge in [-0.2, -0.15) is 4.98 Å². The Kier molecular flexibility index (Phi) is 4.33. The van der Waals surface area contributed by atoms with Crippen LogP contribution in [0.3, 0.4) is 0 Å². The van der Waals surface area contributed by atoms with E-state index in [0.717, 1.165) is 44.0 Å². The number of hydrogen-bond acceptors (Lipinski definition) is 6. The van der Waals surface area contributed by atoms with Crippen molar-refractivity contribution in [2.45, 2.75) is 19.8 Å². The van der Waals surface area contributed by atoms with Gasteiger partial charge in [0.1, 0.15) is 5.82 Å². The first-order valence-corrected chi connectivity index (χ1v) is 6.30. The zero-order valence-corrected chi connectivity index (χ0v) is 11.0. The molecule has 1 aromatic rings. The lowest BCUT2D eigenvalue weighted by Crippen LogP contribution is -2.30. The van der Waals surface area contributed by atoms with E-state index in [9.17, 15) is 0 Å². The second kappa shape index (κ2) is 5.97. The third-order valence-corrected chi connectivity index (χ3v) is 3.31. The van der Waals surface area contributed by atoms with E-state index in [1.807, 2.05) is 6.92 Å². The molecule has 0 amide bonds. The molecule has 1 aromatic heterocycles. The fraction of sp³-hybridized carbons (Fsp3) is 0.667. The average molecular weight is 251 g/mol. The van der Waals surface area contributed by atoms with E-state index in [4.69, 9.17) is 10.6 Å². The van der Waals surface area contributed by atoms with Crippen LogP contribution in [0, 0.1) is 12.8 Å². The number of ether oxygens (including phenoxy) is 1. The Bertz CT molecular complexity index is 392. The molecule has 0 atom stereocenters. The average Bonchev–Trinajstić information content (AvgIpc) is 2.40. The predicted molar refractivity (Wildman–Crippen MR) is 71.4 cm³/mol. The highest BCUT2D eigenvalue weighted by Crippen LogP contribution is 2.21. The number of nitrogens with two attached hydrogens (primary N) is 1. The first-order valence-electron chi connectivity index (χ1n) is 6.30. The van der Waals surface area contributed by atoms with E-state index < -0.39 is 0 Å². The summed E-state index contributed by atoms with van der Waals surface area (Å²) in [4.78, 5) is 10.7. The van der Waals surface area contributed by atoms with Crippen LogP contribution in [0.15, 0.2) is 6.20 Å². The van der Waals surface area contributed by atoms with Crippen LogP contribution in [0.25, 0.3) is 0 Å². The van der Waals surface area contributed by atoms with Gasteiger partial charge in [-0.3, -0.25) is 5.43 Å². The molecule has 0 bridgehead atoms. The van der Waals surface area contributed by atoms with Gasteiger partial charge in [0.15, 0.2) is 0 Å². The molecule has 3 N–H and O–H groups in total. The first kappa shape index (κ1) is 13.0. The molecule has 1 saturated heterocycles. The summed E-state index contributed by atoms with van der Waals surface area (Å²) in [6, 6.07) is 0. The predicted octanol–water partition coefficient (Wildman–Crippen LogP) is 0.933. The summed E-state index contributed by atoms with van der Waals surface area (Å²) in [5.74, 6) is 7.40. The van der Waals surface area contributed by atoms with E-state index in [-0.39, 0.29) is 0 Å². The summed E-state index contributed by atoms with van der Waals surface area (Å²) >= 11 is 0. The van der Waals surface area contributed by atoms with Gasteiger partial charge in [0.2, 0.25) is 5.95 Å². The number of hydrazine groups is 1. The summed E-state index contributed by atoms with van der Waals surface area (Å²) in [5, 5.41) is 0. The molecule has 0 saturated carbocycles. The molecular formula is C12H21N5O. The number of aromatic nitrogens is 2. The second-order valence-electron chi connectivity index (χ2n) is 4.78. The summed E-state index contributed by atoms with van der Waals surface area (Å²) in [5.41, 5.74) is 3.54. The molecule has 6 heteroatoms. The third-order valence-electron chi connectivity index (χ3n) is 3.31. The third kappa shape index (κ3) is 3.08. The van der Waals surface area contributed by atoms with Crippen LogP contribution in [0.4, 0.5) is 11.8 Å². The molecule has 1 aliphatic heterocycles. The van der Waals surface area contributed by atoms with E-state index >= 15 is 0 Å². The summed E-state index contributed by atoms with van der Waals surface area (Å²) in [6.45, 7) is 4.75. The van der Waals surface area contributed by atoms with Crippen LogP contribution in [-0.4, -0.2) is 36.8 Å². The van der Waals surface area contributed by atoms with Crippen LogP contribution in [0.5, 0.6) is 0 Å². The number of aryl methyl sites for hydroxylation is 1. The summed E-state index contributed by atoms with van der Waals surface area (Å²) < 4.78 is 5.38. The Hall–Kier alpha value is -1.40. The number of anilines is 2. The van der Waals surface area contributed by atoms with Gasteiger partial charge < -0.3 is 9.64 Å². The smallest absolute Gasteiger partial charge is 0.239 e. The number of hydrogen-bond donors (Lipinski definition) is 2. The van der Waals surface area contributed by atoms with Crippen LogP contribution in [0.1, 0.15) is 18.4 Å². The molecule has 1 fully saturated rings. The second-order valence-corrected chi connectivity index (χ2v) is 4.78. The Balaban J connectivity index is 2.04. The Morgan fingerprint density at radius 3 is 2.89 bits per heavy atom. The van der Waals surface area contributed by atoms with Gasteiger partial charge in [0, 0.05) is 38.6 Å². The van der Waals surface area contributed by atoms with Crippen molar-refractivity contribution in [1.82, 2.24) is 9.97 Å². The molecule has 2 rings (SSSR count). The van der Waals surface area contributed by atoms with E-state index in [0.29, 0.717) is 11.9 Å². The Morgan fingerprint density at radius 1 is 1.50 bits per heavy atom. The van der Waals surface area contributed by atoms with Crippen molar-refractivity contribution in [1.29, 1.82) is 0 Å². The lowest BCUT2D eigenvalue weighted by Gasteiger charge is -2.28. The SMILES string of the molecule is Cc1cnc(NN)nc1N(C)CC1CCOCC1. The lowest BCUT2D eigenvalue weighted by molar-refractivity contribution is 0.0685. The molecule has 6 nitrogen and oxygen atoms in total. The fourth-order valence-electron chi connectivity index (χ4n) is 2.29. The van der Waals surface area contributed by atoms with Crippen LogP contribution < -0.4 is 16.2 Å². The van der Waals surface area contributed by atoms with Gasteiger partial charge in [0.25, 0.3) is 0 Å². The molecule has 0 aliphatic carbocycles. The minimum Gasteiger partial charge on any atom is -0.381 e. The maximum Gasteiger partial charge on any atom is 0.239 e. The van der Waals surface area contributed by atoms with Crippen molar-refractivity contribution >= 4 is 11.8 Å². The van der Waals surface area contributed by atoms with E-state index in [2.05, 4.69) is 27.3 Å². The zero-order chi connectivity index (χ0) is 13.0. The minimum atomic E-state index is 0.453. The van der Waals surface area contributed by atoms with Gasteiger partial charge in [0.05, 0.1) is 0 Å². The molecule has 0 aromatic carbocycles. The van der Waals surface area contributed by atoms with Crippen LogP contribution in [-0.2, 0) is 4.74 Å². The highest BCUT2D eigenvalue weighted by Gasteiger charge is 2.17. The Labute approximate surface area is 108 Å². The molecule has 0 unspecified atom stereocenters. The number of nitrogen functional groups attached to an aromatic ring is 1. The molecule has 0 spiro atoms. The van der Waals surface area contributed by atoms with Crippen molar-refractivity contribution in [3.05, 3.63) is 11.8 Å². The monoisotopic (exact) mass is 251 g/mol. The van der Waals surface area contributed by atoms with Crippen LogP contribution >= 0.6 is 0 Å². The standard InChI is InChI=1S/C12H21N5O/c1-9-7-14-12(16-13)15-11(9)17(2)8-10-3-5-18-6-4-10/h7,10H,3-6,8,13H2,1-2H3,(H,14,15,16). The van der Waals surface area contributed by atoms with Crippen molar-refractivity contribution in [2.24, 2.45) is 11.8 Å².